The number of rotatable bonds is 7. The Bertz CT molecular complexity index is 3220. The highest BCUT2D eigenvalue weighted by Crippen LogP contribution is 2.51. The maximum atomic E-state index is 7.02. The molecule has 0 spiro atoms. The van der Waals surface area contributed by atoms with E-state index in [0.29, 0.717) is 0 Å². The fourth-order valence-corrected chi connectivity index (χ4v) is 8.39. The van der Waals surface area contributed by atoms with Crippen molar-refractivity contribution in [3.8, 4) is 44.5 Å². The van der Waals surface area contributed by atoms with E-state index >= 15 is 0 Å². The zero-order valence-electron chi connectivity index (χ0n) is 31.0. The molecule has 0 radical (unpaired) electrons. The summed E-state index contributed by atoms with van der Waals surface area (Å²) >= 11 is 0. The molecule has 0 N–H and O–H groups in total. The molecule has 0 saturated carbocycles. The number of hydrogen-bond acceptors (Lipinski definition) is 3. The van der Waals surface area contributed by atoms with Gasteiger partial charge in [0.25, 0.3) is 0 Å². The van der Waals surface area contributed by atoms with Crippen LogP contribution in [0.2, 0.25) is 0 Å². The highest BCUT2D eigenvalue weighted by atomic mass is 16.3. The summed E-state index contributed by atoms with van der Waals surface area (Å²) in [7, 11) is 0. The van der Waals surface area contributed by atoms with Gasteiger partial charge >= 0.3 is 0 Å². The van der Waals surface area contributed by atoms with Crippen molar-refractivity contribution < 1.29 is 8.83 Å². The highest BCUT2D eigenvalue weighted by Gasteiger charge is 2.27. The van der Waals surface area contributed by atoms with Crippen LogP contribution in [-0.4, -0.2) is 0 Å². The predicted molar refractivity (Wildman–Crippen MR) is 237 cm³/mol. The normalized spacial score (nSPS) is 11.5. The van der Waals surface area contributed by atoms with Gasteiger partial charge in [-0.3, -0.25) is 0 Å². The third-order valence-electron chi connectivity index (χ3n) is 11.1. The first kappa shape index (κ1) is 32.8. The molecular formula is C54H35NO2. The average Bonchev–Trinajstić information content (AvgIpc) is 3.87. The van der Waals surface area contributed by atoms with Crippen molar-refractivity contribution in [3.05, 3.63) is 212 Å². The second-order valence-corrected chi connectivity index (χ2v) is 14.4. The predicted octanol–water partition coefficient (Wildman–Crippen LogP) is 15.6. The van der Waals surface area contributed by atoms with Gasteiger partial charge in [-0.2, -0.15) is 0 Å². The first-order valence-corrected chi connectivity index (χ1v) is 19.3. The van der Waals surface area contributed by atoms with E-state index < -0.39 is 0 Å². The molecule has 0 aliphatic carbocycles. The molecule has 0 atom stereocenters. The summed E-state index contributed by atoms with van der Waals surface area (Å²) in [4.78, 5) is 2.39. The standard InChI is InChI=1S/C54H35NO2/c1-5-16-36(17-6-1)40-29-32-47(46(34-40)39-22-11-4-12-23-39)55(48-33-31-42(38-20-9-3-10-21-38)54-52(48)45-24-13-14-27-50(45)56-54)49-26-15-25-44-43-30-28-41(35-51(43)57-53(44)49)37-18-7-2-8-19-37/h1-35H. The molecule has 0 aliphatic rings. The number of anilines is 3. The first-order chi connectivity index (χ1) is 28.3. The van der Waals surface area contributed by atoms with E-state index in [1.807, 2.05) is 12.1 Å². The lowest BCUT2D eigenvalue weighted by atomic mass is 9.95. The molecule has 268 valence electrons. The number of para-hydroxylation sites is 2. The number of nitrogens with zero attached hydrogens (tertiary/aromatic N) is 1. The van der Waals surface area contributed by atoms with E-state index in [2.05, 4.69) is 205 Å². The Morgan fingerprint density at radius 2 is 0.825 bits per heavy atom. The molecule has 0 unspecified atom stereocenters. The molecule has 0 bridgehead atoms. The molecule has 57 heavy (non-hydrogen) atoms. The minimum Gasteiger partial charge on any atom is -0.455 e. The minimum absolute atomic E-state index is 0.817. The summed E-state index contributed by atoms with van der Waals surface area (Å²) in [5.74, 6) is 0. The zero-order valence-corrected chi connectivity index (χ0v) is 31.0. The van der Waals surface area contributed by atoms with Crippen molar-refractivity contribution in [1.82, 2.24) is 0 Å². The second kappa shape index (κ2) is 13.6. The van der Waals surface area contributed by atoms with Gasteiger partial charge in [0.1, 0.15) is 16.7 Å². The Hall–Kier alpha value is -7.62. The van der Waals surface area contributed by atoms with Crippen LogP contribution in [0.4, 0.5) is 17.1 Å². The van der Waals surface area contributed by atoms with Gasteiger partial charge in [0.2, 0.25) is 0 Å². The fourth-order valence-electron chi connectivity index (χ4n) is 8.39. The fraction of sp³-hybridized carbons (Fsp3) is 0. The van der Waals surface area contributed by atoms with Crippen molar-refractivity contribution >= 4 is 60.9 Å². The molecule has 3 nitrogen and oxygen atoms in total. The Morgan fingerprint density at radius 3 is 1.53 bits per heavy atom. The van der Waals surface area contributed by atoms with Gasteiger partial charge in [-0.25, -0.2) is 0 Å². The topological polar surface area (TPSA) is 29.5 Å². The smallest absolute Gasteiger partial charge is 0.159 e. The number of furan rings is 2. The maximum absolute atomic E-state index is 7.02. The van der Waals surface area contributed by atoms with Crippen LogP contribution in [0.1, 0.15) is 0 Å². The van der Waals surface area contributed by atoms with Crippen LogP contribution in [-0.2, 0) is 0 Å². The average molecular weight is 730 g/mol. The Balaban J connectivity index is 1.24. The lowest BCUT2D eigenvalue weighted by Gasteiger charge is -2.29. The molecular weight excluding hydrogens is 695 g/mol. The van der Waals surface area contributed by atoms with E-state index in [9.17, 15) is 0 Å². The van der Waals surface area contributed by atoms with E-state index in [1.54, 1.807) is 0 Å². The first-order valence-electron chi connectivity index (χ1n) is 19.3. The lowest BCUT2D eigenvalue weighted by molar-refractivity contribution is 0.668. The highest BCUT2D eigenvalue weighted by molar-refractivity contribution is 6.19. The second-order valence-electron chi connectivity index (χ2n) is 14.4. The third-order valence-corrected chi connectivity index (χ3v) is 11.1. The van der Waals surface area contributed by atoms with Gasteiger partial charge in [0.15, 0.2) is 5.58 Å². The summed E-state index contributed by atoms with van der Waals surface area (Å²) < 4.78 is 13.9. The monoisotopic (exact) mass is 729 g/mol. The summed E-state index contributed by atoms with van der Waals surface area (Å²) in [6.45, 7) is 0. The summed E-state index contributed by atoms with van der Waals surface area (Å²) in [6.07, 6.45) is 0. The quantitative estimate of drug-likeness (QED) is 0.164. The van der Waals surface area contributed by atoms with E-state index in [-0.39, 0.29) is 0 Å². The zero-order chi connectivity index (χ0) is 37.7. The Morgan fingerprint density at radius 1 is 0.281 bits per heavy atom. The molecule has 2 aromatic heterocycles. The van der Waals surface area contributed by atoms with E-state index in [1.165, 1.54) is 0 Å². The van der Waals surface area contributed by atoms with Crippen LogP contribution in [0.25, 0.3) is 88.4 Å². The van der Waals surface area contributed by atoms with E-state index in [4.69, 9.17) is 8.83 Å². The van der Waals surface area contributed by atoms with E-state index in [0.717, 1.165) is 105 Å². The van der Waals surface area contributed by atoms with Crippen molar-refractivity contribution in [3.63, 3.8) is 0 Å². The molecule has 11 rings (SSSR count). The SMILES string of the molecule is c1ccc(-c2ccc(N(c3cccc4c3oc3cc(-c5ccccc5)ccc34)c3ccc(-c4ccccc4)c4oc5ccccc5c34)c(-c3ccccc3)c2)cc1. The van der Waals surface area contributed by atoms with Crippen LogP contribution < -0.4 is 4.90 Å². The van der Waals surface area contributed by atoms with Gasteiger partial charge in [0.05, 0.1) is 22.4 Å². The van der Waals surface area contributed by atoms with Crippen molar-refractivity contribution in [2.45, 2.75) is 0 Å². The number of benzene rings is 9. The van der Waals surface area contributed by atoms with Crippen molar-refractivity contribution in [2.75, 3.05) is 4.90 Å². The third kappa shape index (κ3) is 5.60. The van der Waals surface area contributed by atoms with Crippen LogP contribution in [0.5, 0.6) is 0 Å². The van der Waals surface area contributed by atoms with Crippen LogP contribution in [0.3, 0.4) is 0 Å². The molecule has 0 fully saturated rings. The summed E-state index contributed by atoms with van der Waals surface area (Å²) in [5.41, 5.74) is 15.3. The molecule has 0 saturated heterocycles. The van der Waals surface area contributed by atoms with Gasteiger partial charge in [0, 0.05) is 27.3 Å². The molecule has 2 heterocycles. The lowest BCUT2D eigenvalue weighted by Crippen LogP contribution is -2.12. The Kier molecular flexibility index (Phi) is 7.82. The van der Waals surface area contributed by atoms with Crippen LogP contribution in [0.15, 0.2) is 221 Å². The number of hydrogen-bond donors (Lipinski definition) is 0. The molecule has 11 aromatic rings. The van der Waals surface area contributed by atoms with Gasteiger partial charge < -0.3 is 13.7 Å². The molecule has 3 heteroatoms. The van der Waals surface area contributed by atoms with Gasteiger partial charge in [-0.1, -0.05) is 164 Å². The molecule has 0 amide bonds. The van der Waals surface area contributed by atoms with Crippen LogP contribution in [0, 0.1) is 0 Å². The van der Waals surface area contributed by atoms with Gasteiger partial charge in [-0.05, 0) is 81.9 Å². The largest absolute Gasteiger partial charge is 0.455 e. The summed E-state index contributed by atoms with van der Waals surface area (Å²) in [5, 5.41) is 4.23. The molecule has 9 aromatic carbocycles. The van der Waals surface area contributed by atoms with Gasteiger partial charge in [-0.15, -0.1) is 0 Å². The number of fused-ring (bicyclic) bond motifs is 6. The summed E-state index contributed by atoms with van der Waals surface area (Å²) in [6, 6.07) is 74.9. The minimum atomic E-state index is 0.817. The maximum Gasteiger partial charge on any atom is 0.159 e. The molecule has 0 aliphatic heterocycles. The van der Waals surface area contributed by atoms with Crippen molar-refractivity contribution in [2.24, 2.45) is 0 Å². The van der Waals surface area contributed by atoms with Crippen LogP contribution >= 0.6 is 0 Å². The van der Waals surface area contributed by atoms with Crippen molar-refractivity contribution in [1.29, 1.82) is 0 Å². The Labute approximate surface area is 330 Å².